The van der Waals surface area contributed by atoms with Crippen molar-refractivity contribution in [1.29, 1.82) is 0 Å². The van der Waals surface area contributed by atoms with Gasteiger partial charge in [-0.1, -0.05) is 55.3 Å². The number of nitrogens with one attached hydrogen (secondary N) is 2. The van der Waals surface area contributed by atoms with Gasteiger partial charge in [-0.15, -0.1) is 24.0 Å². The highest BCUT2D eigenvalue weighted by molar-refractivity contribution is 14.0. The van der Waals surface area contributed by atoms with Crippen LogP contribution in [0.15, 0.2) is 64.5 Å². The highest BCUT2D eigenvalue weighted by atomic mass is 127. The third-order valence-electron chi connectivity index (χ3n) is 5.48. The van der Waals surface area contributed by atoms with Crippen molar-refractivity contribution in [2.75, 3.05) is 13.6 Å². The van der Waals surface area contributed by atoms with Gasteiger partial charge < -0.3 is 10.6 Å². The predicted octanol–water partition coefficient (Wildman–Crippen LogP) is 3.13. The van der Waals surface area contributed by atoms with Crippen LogP contribution < -0.4 is 15.8 Å². The Morgan fingerprint density at radius 1 is 1.03 bits per heavy atom. The Balaban J connectivity index is 0.00000300. The summed E-state index contributed by atoms with van der Waals surface area (Å²) in [5.41, 5.74) is 2.48. The number of rotatable bonds is 6. The number of hydrogen-bond acceptors (Lipinski definition) is 3. The molecule has 0 bridgehead atoms. The monoisotopic (exact) mass is 528 g/mol. The van der Waals surface area contributed by atoms with E-state index in [9.17, 15) is 8.42 Å². The predicted molar refractivity (Wildman–Crippen MR) is 128 cm³/mol. The summed E-state index contributed by atoms with van der Waals surface area (Å²) >= 11 is 0. The average molecular weight is 528 g/mol. The molecule has 0 aliphatic heterocycles. The summed E-state index contributed by atoms with van der Waals surface area (Å²) in [6.07, 6.45) is 4.85. The van der Waals surface area contributed by atoms with Gasteiger partial charge in [-0.3, -0.25) is 4.99 Å². The minimum absolute atomic E-state index is 0. The molecule has 4 N–H and O–H groups in total. The molecule has 0 radical (unpaired) electrons. The zero-order valence-corrected chi connectivity index (χ0v) is 19.7. The first kappa shape index (κ1) is 23.6. The van der Waals surface area contributed by atoms with Crippen LogP contribution in [-0.2, 0) is 22.0 Å². The summed E-state index contributed by atoms with van der Waals surface area (Å²) in [7, 11) is -1.91. The van der Waals surface area contributed by atoms with E-state index in [-0.39, 0.29) is 34.3 Å². The zero-order chi connectivity index (χ0) is 20.0. The van der Waals surface area contributed by atoms with Gasteiger partial charge in [0.05, 0.1) is 4.90 Å². The van der Waals surface area contributed by atoms with Crippen molar-refractivity contribution in [2.24, 2.45) is 10.1 Å². The second kappa shape index (κ2) is 10.4. The number of aliphatic imine (C=N–C) groups is 1. The minimum Gasteiger partial charge on any atom is -0.356 e. The highest BCUT2D eigenvalue weighted by Gasteiger charge is 2.35. The van der Waals surface area contributed by atoms with Gasteiger partial charge in [-0.2, -0.15) is 0 Å². The van der Waals surface area contributed by atoms with Crippen LogP contribution in [0.25, 0.3) is 0 Å². The quantitative estimate of drug-likeness (QED) is 0.305. The Morgan fingerprint density at radius 2 is 1.66 bits per heavy atom. The summed E-state index contributed by atoms with van der Waals surface area (Å²) in [5.74, 6) is 0.734. The van der Waals surface area contributed by atoms with Gasteiger partial charge in [0, 0.05) is 25.6 Å². The van der Waals surface area contributed by atoms with Crippen molar-refractivity contribution in [2.45, 2.75) is 42.5 Å². The lowest BCUT2D eigenvalue weighted by atomic mass is 9.79. The van der Waals surface area contributed by atoms with Gasteiger partial charge in [0.1, 0.15) is 0 Å². The molecule has 1 aliphatic carbocycles. The molecule has 6 nitrogen and oxygen atoms in total. The molecule has 2 aromatic rings. The summed E-state index contributed by atoms with van der Waals surface area (Å²) in [6, 6.07) is 17.2. The summed E-state index contributed by atoms with van der Waals surface area (Å²) in [4.78, 5) is 4.44. The maximum atomic E-state index is 11.3. The fourth-order valence-electron chi connectivity index (χ4n) is 3.87. The number of sulfonamides is 1. The molecule has 2 aromatic carbocycles. The van der Waals surface area contributed by atoms with Crippen molar-refractivity contribution in [3.8, 4) is 0 Å². The average Bonchev–Trinajstić information content (AvgIpc) is 3.19. The Morgan fingerprint density at radius 3 is 2.21 bits per heavy atom. The van der Waals surface area contributed by atoms with Gasteiger partial charge in [-0.25, -0.2) is 13.6 Å². The van der Waals surface area contributed by atoms with Crippen LogP contribution >= 0.6 is 24.0 Å². The Hall–Kier alpha value is -1.65. The van der Waals surface area contributed by atoms with Crippen molar-refractivity contribution in [3.63, 3.8) is 0 Å². The largest absolute Gasteiger partial charge is 0.356 e. The molecule has 0 amide bonds. The third kappa shape index (κ3) is 6.16. The van der Waals surface area contributed by atoms with Crippen LogP contribution in [-0.4, -0.2) is 28.0 Å². The molecule has 0 unspecified atom stereocenters. The fraction of sp³-hybridized carbons (Fsp3) is 0.381. The normalized spacial score (nSPS) is 16.1. The molecular formula is C21H29IN4O2S. The number of benzene rings is 2. The molecule has 0 aromatic heterocycles. The summed E-state index contributed by atoms with van der Waals surface area (Å²) in [5, 5.41) is 11.9. The van der Waals surface area contributed by atoms with E-state index < -0.39 is 10.0 Å². The third-order valence-corrected chi connectivity index (χ3v) is 6.41. The molecule has 3 rings (SSSR count). The molecule has 158 valence electrons. The first-order valence-electron chi connectivity index (χ1n) is 9.55. The number of hydrogen-bond donors (Lipinski definition) is 3. The van der Waals surface area contributed by atoms with Crippen molar-refractivity contribution >= 4 is 40.0 Å². The molecule has 8 heteroatoms. The lowest BCUT2D eigenvalue weighted by molar-refractivity contribution is 0.431. The van der Waals surface area contributed by atoms with Gasteiger partial charge in [0.2, 0.25) is 10.0 Å². The number of nitrogens with two attached hydrogens (primary N) is 1. The molecule has 0 heterocycles. The zero-order valence-electron chi connectivity index (χ0n) is 16.6. The summed E-state index contributed by atoms with van der Waals surface area (Å²) < 4.78 is 22.7. The van der Waals surface area contributed by atoms with Crippen LogP contribution in [0.4, 0.5) is 0 Å². The van der Waals surface area contributed by atoms with E-state index >= 15 is 0 Å². The maximum Gasteiger partial charge on any atom is 0.238 e. The second-order valence-electron chi connectivity index (χ2n) is 7.32. The smallest absolute Gasteiger partial charge is 0.238 e. The van der Waals surface area contributed by atoms with Crippen LogP contribution in [0.3, 0.4) is 0 Å². The fourth-order valence-corrected chi connectivity index (χ4v) is 4.38. The number of guanidine groups is 1. The highest BCUT2D eigenvalue weighted by Crippen LogP contribution is 2.40. The molecule has 1 aliphatic rings. The van der Waals surface area contributed by atoms with Crippen LogP contribution in [0.1, 0.15) is 36.8 Å². The maximum absolute atomic E-state index is 11.3. The molecule has 1 saturated carbocycles. The van der Waals surface area contributed by atoms with Crippen molar-refractivity contribution in [1.82, 2.24) is 10.6 Å². The Labute approximate surface area is 190 Å². The van der Waals surface area contributed by atoms with Gasteiger partial charge >= 0.3 is 0 Å². The number of nitrogens with zero attached hydrogens (tertiary/aromatic N) is 1. The number of halogens is 1. The van der Waals surface area contributed by atoms with Crippen LogP contribution in [0, 0.1) is 0 Å². The van der Waals surface area contributed by atoms with E-state index in [0.29, 0.717) is 6.54 Å². The molecule has 0 atom stereocenters. The number of primary sulfonamides is 1. The van der Waals surface area contributed by atoms with Gasteiger partial charge in [0.15, 0.2) is 5.96 Å². The first-order chi connectivity index (χ1) is 13.4. The van der Waals surface area contributed by atoms with Gasteiger partial charge in [-0.05, 0) is 36.1 Å². The van der Waals surface area contributed by atoms with Crippen molar-refractivity contribution in [3.05, 3.63) is 65.7 Å². The Kier molecular flexibility index (Phi) is 8.47. The van der Waals surface area contributed by atoms with Crippen LogP contribution in [0.2, 0.25) is 0 Å². The van der Waals surface area contributed by atoms with E-state index in [0.717, 1.165) is 18.1 Å². The van der Waals surface area contributed by atoms with Crippen molar-refractivity contribution < 1.29 is 8.42 Å². The van der Waals surface area contributed by atoms with E-state index in [1.165, 1.54) is 43.4 Å². The van der Waals surface area contributed by atoms with E-state index in [1.54, 1.807) is 19.2 Å². The van der Waals surface area contributed by atoms with Crippen LogP contribution in [0.5, 0.6) is 0 Å². The van der Waals surface area contributed by atoms with Gasteiger partial charge in [0.25, 0.3) is 0 Å². The summed E-state index contributed by atoms with van der Waals surface area (Å²) in [6.45, 7) is 1.38. The Bertz CT molecular complexity index is 909. The van der Waals surface area contributed by atoms with E-state index in [2.05, 4.69) is 46.0 Å². The molecular weight excluding hydrogens is 499 g/mol. The van der Waals surface area contributed by atoms with E-state index in [4.69, 9.17) is 5.14 Å². The minimum atomic E-state index is -3.66. The molecule has 29 heavy (non-hydrogen) atoms. The molecule has 0 spiro atoms. The first-order valence-corrected chi connectivity index (χ1v) is 11.1. The molecule has 1 fully saturated rings. The lowest BCUT2D eigenvalue weighted by Gasteiger charge is -2.30. The van der Waals surface area contributed by atoms with E-state index in [1.807, 2.05) is 0 Å². The topological polar surface area (TPSA) is 96.6 Å². The second-order valence-corrected chi connectivity index (χ2v) is 8.88. The molecule has 0 saturated heterocycles. The standard InChI is InChI=1S/C21H28N4O2S.HI/c1-23-20(24-15-17-9-11-19(12-10-17)28(22,26)27)25-16-21(13-5-6-14-21)18-7-3-2-4-8-18;/h2-4,7-12H,5-6,13-16H2,1H3,(H2,22,26,27)(H2,23,24,25);1H. The lowest BCUT2D eigenvalue weighted by Crippen LogP contribution is -2.44. The SMILES string of the molecule is CN=C(NCc1ccc(S(N)(=O)=O)cc1)NCC1(c2ccccc2)CCCC1.I.